The maximum Gasteiger partial charge on any atom is 0.265 e. The van der Waals surface area contributed by atoms with Crippen LogP contribution in [0.15, 0.2) is 48.1 Å². The van der Waals surface area contributed by atoms with Crippen LogP contribution in [0.2, 0.25) is 0 Å². The Bertz CT molecular complexity index is 1000. The molecule has 136 valence electrons. The van der Waals surface area contributed by atoms with Crippen molar-refractivity contribution >= 4 is 34.5 Å². The normalized spacial score (nSPS) is 15.4. The van der Waals surface area contributed by atoms with Crippen LogP contribution in [0.4, 0.5) is 11.4 Å². The molecule has 0 saturated carbocycles. The zero-order chi connectivity index (χ0) is 18.8. The molecule has 8 heteroatoms. The highest BCUT2D eigenvalue weighted by molar-refractivity contribution is 7.13. The molecule has 4 rings (SSSR count). The molecule has 0 fully saturated rings. The molecule has 0 bridgehead atoms. The number of nitrogens with one attached hydrogen (secondary N) is 2. The van der Waals surface area contributed by atoms with E-state index in [-0.39, 0.29) is 18.2 Å². The monoisotopic (exact) mass is 380 g/mol. The first-order chi connectivity index (χ1) is 13.1. The molecule has 0 radical (unpaired) electrons. The number of amides is 2. The van der Waals surface area contributed by atoms with Crippen LogP contribution in [0.25, 0.3) is 10.6 Å². The molecule has 27 heavy (non-hydrogen) atoms. The third-order valence-electron chi connectivity index (χ3n) is 4.00. The number of carbonyl (C=O) groups is 2. The van der Waals surface area contributed by atoms with Crippen LogP contribution < -0.4 is 15.4 Å². The quantitative estimate of drug-likeness (QED) is 0.725. The molecule has 0 spiro atoms. The first-order valence-corrected chi connectivity index (χ1v) is 9.23. The summed E-state index contributed by atoms with van der Waals surface area (Å²) in [5.74, 6) is 0.187. The van der Waals surface area contributed by atoms with E-state index in [1.54, 1.807) is 37.5 Å². The van der Waals surface area contributed by atoms with Crippen molar-refractivity contribution in [3.8, 4) is 16.3 Å². The van der Waals surface area contributed by atoms with Gasteiger partial charge in [0.25, 0.3) is 5.91 Å². The summed E-state index contributed by atoms with van der Waals surface area (Å²) in [6, 6.07) is 8.93. The first kappa shape index (κ1) is 17.2. The molecule has 0 aliphatic carbocycles. The Kier molecular flexibility index (Phi) is 4.55. The van der Waals surface area contributed by atoms with E-state index in [2.05, 4.69) is 20.6 Å². The van der Waals surface area contributed by atoms with Crippen LogP contribution in [0.1, 0.15) is 12.6 Å². The fourth-order valence-corrected chi connectivity index (χ4v) is 3.48. The summed E-state index contributed by atoms with van der Waals surface area (Å²) in [5.41, 5.74) is 2.75. The molecule has 2 aromatic heterocycles. The van der Waals surface area contributed by atoms with Gasteiger partial charge in [-0.3, -0.25) is 14.6 Å². The van der Waals surface area contributed by atoms with Crippen LogP contribution in [0, 0.1) is 0 Å². The Morgan fingerprint density at radius 1 is 1.37 bits per heavy atom. The number of nitrogens with zero attached hydrogens (tertiary/aromatic N) is 2. The minimum Gasteiger partial charge on any atom is -0.479 e. The van der Waals surface area contributed by atoms with Gasteiger partial charge in [0.15, 0.2) is 6.10 Å². The lowest BCUT2D eigenvalue weighted by atomic mass is 10.2. The van der Waals surface area contributed by atoms with Gasteiger partial charge in [0.05, 0.1) is 17.8 Å². The zero-order valence-corrected chi connectivity index (χ0v) is 15.2. The Balaban J connectivity index is 1.42. The Hall–Kier alpha value is -3.26. The van der Waals surface area contributed by atoms with Gasteiger partial charge in [0.1, 0.15) is 10.8 Å². The average molecular weight is 380 g/mol. The van der Waals surface area contributed by atoms with Crippen molar-refractivity contribution in [2.45, 2.75) is 19.4 Å². The highest BCUT2D eigenvalue weighted by Crippen LogP contribution is 2.32. The number of aromatic nitrogens is 2. The SMILES string of the molecule is CC1Oc2ccc(NC(=O)Cc3csc(-c4cccnc4)n3)cc2NC1=O. The summed E-state index contributed by atoms with van der Waals surface area (Å²) in [7, 11) is 0. The van der Waals surface area contributed by atoms with Crippen molar-refractivity contribution in [2.75, 3.05) is 10.6 Å². The lowest BCUT2D eigenvalue weighted by molar-refractivity contribution is -0.122. The second-order valence-corrected chi connectivity index (χ2v) is 6.93. The van der Waals surface area contributed by atoms with E-state index in [0.717, 1.165) is 10.6 Å². The highest BCUT2D eigenvalue weighted by Gasteiger charge is 2.23. The molecule has 1 atom stereocenters. The summed E-state index contributed by atoms with van der Waals surface area (Å²) >= 11 is 1.47. The number of carbonyl (C=O) groups excluding carboxylic acids is 2. The van der Waals surface area contributed by atoms with Crippen LogP contribution in [0.3, 0.4) is 0 Å². The fraction of sp³-hybridized carbons (Fsp3) is 0.158. The van der Waals surface area contributed by atoms with E-state index < -0.39 is 6.10 Å². The predicted octanol–water partition coefficient (Wildman–Crippen LogP) is 3.11. The molecule has 1 aliphatic rings. The van der Waals surface area contributed by atoms with Crippen molar-refractivity contribution in [1.82, 2.24) is 9.97 Å². The third-order valence-corrected chi connectivity index (χ3v) is 4.94. The Morgan fingerprint density at radius 2 is 2.26 bits per heavy atom. The van der Waals surface area contributed by atoms with Crippen LogP contribution in [-0.2, 0) is 16.0 Å². The number of anilines is 2. The number of benzene rings is 1. The van der Waals surface area contributed by atoms with Gasteiger partial charge in [-0.25, -0.2) is 4.98 Å². The molecule has 1 aliphatic heterocycles. The summed E-state index contributed by atoms with van der Waals surface area (Å²) in [5, 5.41) is 8.28. The summed E-state index contributed by atoms with van der Waals surface area (Å²) in [6.07, 6.45) is 3.08. The minimum absolute atomic E-state index is 0.160. The van der Waals surface area contributed by atoms with Crippen molar-refractivity contribution < 1.29 is 14.3 Å². The van der Waals surface area contributed by atoms with Gasteiger partial charge in [0.2, 0.25) is 5.91 Å². The van der Waals surface area contributed by atoms with Crippen LogP contribution in [0.5, 0.6) is 5.75 Å². The van der Waals surface area contributed by atoms with Crippen molar-refractivity contribution in [2.24, 2.45) is 0 Å². The predicted molar refractivity (Wildman–Crippen MR) is 103 cm³/mol. The number of hydrogen-bond donors (Lipinski definition) is 2. The number of hydrogen-bond acceptors (Lipinski definition) is 6. The maximum atomic E-state index is 12.3. The second kappa shape index (κ2) is 7.16. The number of rotatable bonds is 4. The Morgan fingerprint density at radius 3 is 3.07 bits per heavy atom. The first-order valence-electron chi connectivity index (χ1n) is 8.35. The molecule has 2 amide bonds. The van der Waals surface area contributed by atoms with Crippen molar-refractivity contribution in [3.63, 3.8) is 0 Å². The van der Waals surface area contributed by atoms with Gasteiger partial charge in [-0.15, -0.1) is 11.3 Å². The van der Waals surface area contributed by atoms with Gasteiger partial charge in [0, 0.05) is 29.0 Å². The fourth-order valence-electron chi connectivity index (χ4n) is 2.67. The number of fused-ring (bicyclic) bond motifs is 1. The maximum absolute atomic E-state index is 12.3. The standard InChI is InChI=1S/C19H16N4O3S/c1-11-18(25)23-15-7-13(4-5-16(15)26-11)21-17(24)8-14-10-27-19(22-14)12-3-2-6-20-9-12/h2-7,9-11H,8H2,1H3,(H,21,24)(H,23,25). The lowest BCUT2D eigenvalue weighted by Crippen LogP contribution is -2.34. The summed E-state index contributed by atoms with van der Waals surface area (Å²) in [6.45, 7) is 1.68. The van der Waals surface area contributed by atoms with E-state index >= 15 is 0 Å². The van der Waals surface area contributed by atoms with E-state index in [0.29, 0.717) is 22.8 Å². The van der Waals surface area contributed by atoms with E-state index in [9.17, 15) is 9.59 Å². The number of pyridine rings is 1. The zero-order valence-electron chi connectivity index (χ0n) is 14.4. The molecule has 3 aromatic rings. The molecule has 7 nitrogen and oxygen atoms in total. The van der Waals surface area contributed by atoms with Gasteiger partial charge in [-0.05, 0) is 37.3 Å². The summed E-state index contributed by atoms with van der Waals surface area (Å²) in [4.78, 5) is 32.6. The molecule has 0 saturated heterocycles. The lowest BCUT2D eigenvalue weighted by Gasteiger charge is -2.23. The summed E-state index contributed by atoms with van der Waals surface area (Å²) < 4.78 is 5.51. The van der Waals surface area contributed by atoms with Crippen molar-refractivity contribution in [1.29, 1.82) is 0 Å². The highest BCUT2D eigenvalue weighted by atomic mass is 32.1. The number of thiazole rings is 1. The van der Waals surface area contributed by atoms with Gasteiger partial charge in [-0.2, -0.15) is 0 Å². The van der Waals surface area contributed by atoms with Gasteiger partial charge in [-0.1, -0.05) is 0 Å². The Labute approximate surface area is 159 Å². The third kappa shape index (κ3) is 3.80. The largest absolute Gasteiger partial charge is 0.479 e. The van der Waals surface area contributed by atoms with Crippen molar-refractivity contribution in [3.05, 3.63) is 53.8 Å². The molecule has 3 heterocycles. The number of ether oxygens (including phenoxy) is 1. The van der Waals surface area contributed by atoms with E-state index in [1.165, 1.54) is 11.3 Å². The van der Waals surface area contributed by atoms with Crippen LogP contribution in [-0.4, -0.2) is 27.9 Å². The van der Waals surface area contributed by atoms with E-state index in [1.807, 2.05) is 17.5 Å². The molecule has 1 aromatic carbocycles. The average Bonchev–Trinajstić information content (AvgIpc) is 3.12. The molecule has 1 unspecified atom stereocenters. The topological polar surface area (TPSA) is 93.2 Å². The molecule has 2 N–H and O–H groups in total. The minimum atomic E-state index is -0.531. The van der Waals surface area contributed by atoms with Crippen LogP contribution >= 0.6 is 11.3 Å². The smallest absolute Gasteiger partial charge is 0.265 e. The second-order valence-electron chi connectivity index (χ2n) is 6.07. The molecular weight excluding hydrogens is 364 g/mol. The molecular formula is C19H16N4O3S. The van der Waals surface area contributed by atoms with E-state index in [4.69, 9.17) is 4.74 Å². The van der Waals surface area contributed by atoms with Gasteiger partial charge < -0.3 is 15.4 Å². The van der Waals surface area contributed by atoms with Gasteiger partial charge >= 0.3 is 0 Å².